The minimum Gasteiger partial charge on any atom is -0.502 e. The van der Waals surface area contributed by atoms with E-state index in [9.17, 15) is 15.2 Å². The van der Waals surface area contributed by atoms with Crippen molar-refractivity contribution >= 4 is 27.8 Å². The number of nitrogens with zero attached hydrogens (tertiary/aromatic N) is 3. The van der Waals surface area contributed by atoms with Crippen molar-refractivity contribution in [3.8, 4) is 5.75 Å². The topological polar surface area (TPSA) is 89.2 Å². The summed E-state index contributed by atoms with van der Waals surface area (Å²) >= 11 is 0. The molecule has 18 heavy (non-hydrogen) atoms. The molecule has 0 saturated carbocycles. The summed E-state index contributed by atoms with van der Waals surface area (Å²) in [6.45, 7) is 0. The Morgan fingerprint density at radius 3 is 2.33 bits per heavy atom. The molecule has 2 aromatic carbocycles. The van der Waals surface area contributed by atoms with Gasteiger partial charge in [-0.1, -0.05) is 12.1 Å². The number of hydrogen-bond acceptors (Lipinski definition) is 5. The van der Waals surface area contributed by atoms with Crippen molar-refractivity contribution in [2.45, 2.75) is 0 Å². The highest BCUT2D eigenvalue weighted by atomic mass is 16.6. The first-order valence-electron chi connectivity index (χ1n) is 5.19. The molecule has 3 aromatic rings. The van der Waals surface area contributed by atoms with Gasteiger partial charge in [-0.05, 0) is 24.3 Å². The molecule has 3 rings (SSSR count). The monoisotopic (exact) mass is 241 g/mol. The van der Waals surface area contributed by atoms with Crippen molar-refractivity contribution in [1.82, 2.24) is 9.97 Å². The van der Waals surface area contributed by atoms with Gasteiger partial charge in [-0.2, -0.15) is 0 Å². The molecule has 0 aliphatic heterocycles. The predicted octanol–water partition coefficient (Wildman–Crippen LogP) is 2.40. The predicted molar refractivity (Wildman–Crippen MR) is 65.4 cm³/mol. The number of benzene rings is 2. The van der Waals surface area contributed by atoms with Crippen LogP contribution in [0, 0.1) is 10.1 Å². The van der Waals surface area contributed by atoms with Crippen LogP contribution in [0.4, 0.5) is 5.69 Å². The Kier molecular flexibility index (Phi) is 2.09. The quantitative estimate of drug-likeness (QED) is 0.401. The maximum atomic E-state index is 10.9. The molecule has 88 valence electrons. The molecule has 0 fully saturated rings. The standard InChI is InChI=1S/C12H7N3O3/c16-10-6-5-9-11(12(10)15(17)18)14-8-4-2-1-3-7(8)13-9/h1-6,16H. The highest BCUT2D eigenvalue weighted by Crippen LogP contribution is 2.32. The minimum atomic E-state index is -0.652. The molecule has 0 bridgehead atoms. The van der Waals surface area contributed by atoms with E-state index in [0.717, 1.165) is 0 Å². The van der Waals surface area contributed by atoms with Gasteiger partial charge in [-0.15, -0.1) is 0 Å². The molecule has 0 atom stereocenters. The second-order valence-electron chi connectivity index (χ2n) is 3.77. The zero-order valence-electron chi connectivity index (χ0n) is 9.07. The highest BCUT2D eigenvalue weighted by Gasteiger charge is 2.20. The first-order valence-corrected chi connectivity index (χ1v) is 5.19. The van der Waals surface area contributed by atoms with E-state index in [-0.39, 0.29) is 5.52 Å². The van der Waals surface area contributed by atoms with Gasteiger partial charge in [-0.25, -0.2) is 9.97 Å². The number of phenols is 1. The van der Waals surface area contributed by atoms with E-state index in [1.165, 1.54) is 12.1 Å². The Labute approximate surface area is 101 Å². The Hall–Kier alpha value is -2.76. The van der Waals surface area contributed by atoms with Crippen LogP contribution in [-0.4, -0.2) is 20.0 Å². The van der Waals surface area contributed by atoms with Crippen LogP contribution in [0.3, 0.4) is 0 Å². The Bertz CT molecular complexity index is 786. The fourth-order valence-electron chi connectivity index (χ4n) is 1.84. The maximum Gasteiger partial charge on any atom is 0.338 e. The van der Waals surface area contributed by atoms with Crippen LogP contribution < -0.4 is 0 Å². The Balaban J connectivity index is 2.50. The molecule has 6 heteroatoms. The van der Waals surface area contributed by atoms with Crippen molar-refractivity contribution in [2.75, 3.05) is 0 Å². The molecular weight excluding hydrogens is 234 g/mol. The summed E-state index contributed by atoms with van der Waals surface area (Å²) in [6.07, 6.45) is 0. The Morgan fingerprint density at radius 1 is 1.00 bits per heavy atom. The van der Waals surface area contributed by atoms with Gasteiger partial charge in [0.15, 0.2) is 11.3 Å². The van der Waals surface area contributed by atoms with E-state index in [1.807, 2.05) is 6.07 Å². The number of phenolic OH excluding ortho intramolecular Hbond substituents is 1. The number of aromatic hydroxyl groups is 1. The summed E-state index contributed by atoms with van der Waals surface area (Å²) in [7, 11) is 0. The van der Waals surface area contributed by atoms with Crippen LogP contribution in [0.1, 0.15) is 0 Å². The zero-order valence-corrected chi connectivity index (χ0v) is 9.07. The molecule has 0 aliphatic carbocycles. The lowest BCUT2D eigenvalue weighted by molar-refractivity contribution is -0.384. The number of rotatable bonds is 1. The van der Waals surface area contributed by atoms with Crippen molar-refractivity contribution in [3.63, 3.8) is 0 Å². The van der Waals surface area contributed by atoms with Gasteiger partial charge >= 0.3 is 5.69 Å². The SMILES string of the molecule is O=[N+]([O-])c1c(O)ccc2nc3ccccc3nc12. The normalized spacial score (nSPS) is 10.9. The van der Waals surface area contributed by atoms with E-state index >= 15 is 0 Å². The molecule has 6 nitrogen and oxygen atoms in total. The fraction of sp³-hybridized carbons (Fsp3) is 0. The van der Waals surface area contributed by atoms with Crippen molar-refractivity contribution < 1.29 is 10.0 Å². The van der Waals surface area contributed by atoms with Crippen molar-refractivity contribution in [3.05, 3.63) is 46.5 Å². The first kappa shape index (κ1) is 10.4. The Morgan fingerprint density at radius 2 is 1.67 bits per heavy atom. The lowest BCUT2D eigenvalue weighted by Crippen LogP contribution is -1.94. The number of para-hydroxylation sites is 2. The molecule has 0 saturated heterocycles. The van der Waals surface area contributed by atoms with Gasteiger partial charge in [0.25, 0.3) is 0 Å². The first-order chi connectivity index (χ1) is 8.66. The van der Waals surface area contributed by atoms with Crippen LogP contribution >= 0.6 is 0 Å². The summed E-state index contributed by atoms with van der Waals surface area (Å²) in [5, 5.41) is 20.5. The molecule has 1 heterocycles. The number of nitro groups is 1. The lowest BCUT2D eigenvalue weighted by atomic mass is 10.2. The molecular formula is C12H7N3O3. The summed E-state index contributed by atoms with van der Waals surface area (Å²) in [4.78, 5) is 18.8. The van der Waals surface area contributed by atoms with Gasteiger partial charge < -0.3 is 5.11 Å². The van der Waals surface area contributed by atoms with E-state index in [1.54, 1.807) is 18.2 Å². The molecule has 0 amide bonds. The van der Waals surface area contributed by atoms with Gasteiger partial charge in [0.2, 0.25) is 0 Å². The largest absolute Gasteiger partial charge is 0.502 e. The maximum absolute atomic E-state index is 10.9. The van der Waals surface area contributed by atoms with E-state index < -0.39 is 16.4 Å². The lowest BCUT2D eigenvalue weighted by Gasteiger charge is -2.02. The van der Waals surface area contributed by atoms with E-state index in [4.69, 9.17) is 0 Å². The van der Waals surface area contributed by atoms with Gasteiger partial charge in [0, 0.05) is 0 Å². The van der Waals surface area contributed by atoms with Gasteiger partial charge in [-0.3, -0.25) is 10.1 Å². The van der Waals surface area contributed by atoms with Crippen molar-refractivity contribution in [1.29, 1.82) is 0 Å². The third-order valence-electron chi connectivity index (χ3n) is 2.65. The molecule has 0 spiro atoms. The second-order valence-corrected chi connectivity index (χ2v) is 3.77. The molecule has 0 radical (unpaired) electrons. The zero-order chi connectivity index (χ0) is 12.7. The number of hydrogen-bond donors (Lipinski definition) is 1. The minimum absolute atomic E-state index is 0.0960. The average Bonchev–Trinajstić information content (AvgIpc) is 2.36. The smallest absolute Gasteiger partial charge is 0.338 e. The number of fused-ring (bicyclic) bond motifs is 2. The van der Waals surface area contributed by atoms with Gasteiger partial charge in [0.05, 0.1) is 21.5 Å². The molecule has 1 N–H and O–H groups in total. The molecule has 0 aliphatic rings. The number of nitro benzene ring substituents is 1. The third-order valence-corrected chi connectivity index (χ3v) is 2.65. The van der Waals surface area contributed by atoms with E-state index in [0.29, 0.717) is 16.6 Å². The summed E-state index contributed by atoms with van der Waals surface area (Å²) in [5.74, 6) is -0.405. The van der Waals surface area contributed by atoms with Crippen LogP contribution in [0.15, 0.2) is 36.4 Å². The highest BCUT2D eigenvalue weighted by molar-refractivity contribution is 5.93. The van der Waals surface area contributed by atoms with Gasteiger partial charge in [0.1, 0.15) is 0 Å². The van der Waals surface area contributed by atoms with Crippen LogP contribution in [-0.2, 0) is 0 Å². The average molecular weight is 241 g/mol. The molecule has 0 unspecified atom stereocenters. The van der Waals surface area contributed by atoms with Crippen LogP contribution in [0.2, 0.25) is 0 Å². The van der Waals surface area contributed by atoms with Crippen molar-refractivity contribution in [2.24, 2.45) is 0 Å². The second kappa shape index (κ2) is 3.63. The van der Waals surface area contributed by atoms with Crippen LogP contribution in [0.25, 0.3) is 22.1 Å². The van der Waals surface area contributed by atoms with Crippen LogP contribution in [0.5, 0.6) is 5.75 Å². The fourth-order valence-corrected chi connectivity index (χ4v) is 1.84. The summed E-state index contributed by atoms with van der Waals surface area (Å²) in [5.41, 5.74) is 1.28. The molecule has 1 aromatic heterocycles. The number of aromatic nitrogens is 2. The summed E-state index contributed by atoms with van der Waals surface area (Å²) in [6, 6.07) is 9.85. The third kappa shape index (κ3) is 1.43. The summed E-state index contributed by atoms with van der Waals surface area (Å²) < 4.78 is 0. The van der Waals surface area contributed by atoms with E-state index in [2.05, 4.69) is 9.97 Å².